The minimum Gasteiger partial charge on any atom is -0.384 e. The second-order valence-corrected chi connectivity index (χ2v) is 6.36. The van der Waals surface area contributed by atoms with Gasteiger partial charge in [0.15, 0.2) is 0 Å². The predicted octanol–water partition coefficient (Wildman–Crippen LogP) is 6.62. The maximum Gasteiger partial charge on any atom is 0.460 e. The smallest absolute Gasteiger partial charge is 0.384 e. The quantitative estimate of drug-likeness (QED) is 0.210. The van der Waals surface area contributed by atoms with Gasteiger partial charge in [0.05, 0.1) is 0 Å². The van der Waals surface area contributed by atoms with Gasteiger partial charge in [0.1, 0.15) is 6.61 Å². The summed E-state index contributed by atoms with van der Waals surface area (Å²) in [7, 11) is 0. The summed E-state index contributed by atoms with van der Waals surface area (Å²) in [6.07, 6.45) is -7.55. The van der Waals surface area contributed by atoms with E-state index in [-0.39, 0.29) is 6.42 Å². The number of unbranched alkanes of at least 4 members (excludes halogenated alkanes) is 3. The number of rotatable bonds is 10. The van der Waals surface area contributed by atoms with E-state index in [0.717, 1.165) is 0 Å². The first-order chi connectivity index (χ1) is 13.7. The third kappa shape index (κ3) is 5.78. The van der Waals surface area contributed by atoms with Crippen molar-refractivity contribution in [3.05, 3.63) is 11.6 Å². The van der Waals surface area contributed by atoms with E-state index in [9.17, 15) is 57.1 Å². The van der Waals surface area contributed by atoms with Crippen molar-refractivity contribution >= 4 is 0 Å². The Kier molecular flexibility index (Phi) is 9.35. The molecule has 0 amide bonds. The van der Waals surface area contributed by atoms with Crippen molar-refractivity contribution in [3.8, 4) is 11.8 Å². The summed E-state index contributed by atoms with van der Waals surface area (Å²) in [5.41, 5.74) is -1.03. The second kappa shape index (κ2) is 9.87. The maximum atomic E-state index is 13.9. The molecule has 0 aromatic heterocycles. The molecular weight excluding hydrogens is 467 g/mol. The molecule has 1 nitrogen and oxygen atoms in total. The third-order valence-electron chi connectivity index (χ3n) is 3.94. The Morgan fingerprint density at radius 2 is 1.19 bits per heavy atom. The van der Waals surface area contributed by atoms with Crippen LogP contribution in [0.3, 0.4) is 0 Å². The standard InChI is InChI=1S/C17H17F13O/c1-2-3-4-5-7-11(8-6-9-31)10-12(18,19)13(20,21)14(22,23)15(24,25)16(26,27)17(28,29)30/h10,31H,2-5,7,9H2,1H3/b11-10+. The number of alkyl halides is 13. The zero-order valence-electron chi connectivity index (χ0n) is 15.7. The Morgan fingerprint density at radius 1 is 0.710 bits per heavy atom. The molecule has 0 bridgehead atoms. The number of halogens is 13. The lowest BCUT2D eigenvalue weighted by atomic mass is 9.92. The highest BCUT2D eigenvalue weighted by Gasteiger charge is 2.90. The van der Waals surface area contributed by atoms with Gasteiger partial charge < -0.3 is 5.11 Å². The van der Waals surface area contributed by atoms with Gasteiger partial charge in [-0.15, -0.1) is 0 Å². The summed E-state index contributed by atoms with van der Waals surface area (Å²) in [6.45, 7) is 0.732. The zero-order valence-corrected chi connectivity index (χ0v) is 15.7. The summed E-state index contributed by atoms with van der Waals surface area (Å²) in [5.74, 6) is -33.8. The molecule has 0 spiro atoms. The van der Waals surface area contributed by atoms with E-state index in [0.29, 0.717) is 19.3 Å². The molecule has 0 aliphatic heterocycles. The van der Waals surface area contributed by atoms with Crippen LogP contribution in [0.5, 0.6) is 0 Å². The van der Waals surface area contributed by atoms with Crippen molar-refractivity contribution in [1.29, 1.82) is 0 Å². The van der Waals surface area contributed by atoms with Crippen molar-refractivity contribution < 1.29 is 62.2 Å². The fourth-order valence-corrected chi connectivity index (χ4v) is 2.16. The van der Waals surface area contributed by atoms with Crippen LogP contribution in [0, 0.1) is 11.8 Å². The van der Waals surface area contributed by atoms with Crippen LogP contribution in [0.2, 0.25) is 0 Å². The first-order valence-electron chi connectivity index (χ1n) is 8.51. The van der Waals surface area contributed by atoms with E-state index in [1.807, 2.05) is 0 Å². The van der Waals surface area contributed by atoms with Crippen LogP contribution in [-0.4, -0.2) is 47.5 Å². The number of aliphatic hydroxyl groups excluding tert-OH is 1. The lowest BCUT2D eigenvalue weighted by molar-refractivity contribution is -0.436. The molecule has 31 heavy (non-hydrogen) atoms. The van der Waals surface area contributed by atoms with E-state index in [1.54, 1.807) is 18.8 Å². The van der Waals surface area contributed by atoms with Crippen LogP contribution in [0.15, 0.2) is 11.6 Å². The zero-order chi connectivity index (χ0) is 24.9. The van der Waals surface area contributed by atoms with Crippen LogP contribution in [0.1, 0.15) is 39.0 Å². The summed E-state index contributed by atoms with van der Waals surface area (Å²) in [5, 5.41) is 8.54. The minimum atomic E-state index is -7.93. The molecule has 0 atom stereocenters. The molecule has 0 heterocycles. The molecule has 0 radical (unpaired) electrons. The molecule has 0 rings (SSSR count). The Hall–Kier alpha value is -1.65. The van der Waals surface area contributed by atoms with Gasteiger partial charge in [-0.1, -0.05) is 38.0 Å². The van der Waals surface area contributed by atoms with Crippen LogP contribution in [-0.2, 0) is 0 Å². The first-order valence-corrected chi connectivity index (χ1v) is 8.51. The monoisotopic (exact) mass is 484 g/mol. The fraction of sp³-hybridized carbons (Fsp3) is 0.765. The van der Waals surface area contributed by atoms with Gasteiger partial charge in [0.2, 0.25) is 0 Å². The highest BCUT2D eigenvalue weighted by Crippen LogP contribution is 2.60. The van der Waals surface area contributed by atoms with Gasteiger partial charge in [0, 0.05) is 11.6 Å². The lowest BCUT2D eigenvalue weighted by Gasteiger charge is -2.39. The van der Waals surface area contributed by atoms with Crippen molar-refractivity contribution in [3.63, 3.8) is 0 Å². The van der Waals surface area contributed by atoms with Crippen LogP contribution >= 0.6 is 0 Å². The summed E-state index contributed by atoms with van der Waals surface area (Å²) < 4.78 is 170. The Bertz CT molecular complexity index is 680. The largest absolute Gasteiger partial charge is 0.460 e. The molecule has 0 aliphatic rings. The highest BCUT2D eigenvalue weighted by atomic mass is 19.4. The third-order valence-corrected chi connectivity index (χ3v) is 3.94. The molecule has 0 aliphatic carbocycles. The van der Waals surface area contributed by atoms with E-state index in [4.69, 9.17) is 5.11 Å². The van der Waals surface area contributed by atoms with Crippen molar-refractivity contribution in [2.24, 2.45) is 0 Å². The van der Waals surface area contributed by atoms with E-state index in [2.05, 4.69) is 0 Å². The Labute approximate surface area is 168 Å². The topological polar surface area (TPSA) is 20.2 Å². The summed E-state index contributed by atoms with van der Waals surface area (Å²) >= 11 is 0. The van der Waals surface area contributed by atoms with Gasteiger partial charge in [-0.3, -0.25) is 0 Å². The Morgan fingerprint density at radius 3 is 1.61 bits per heavy atom. The molecule has 182 valence electrons. The lowest BCUT2D eigenvalue weighted by Crippen LogP contribution is -2.69. The van der Waals surface area contributed by atoms with E-state index >= 15 is 0 Å². The maximum absolute atomic E-state index is 13.9. The molecule has 0 aromatic rings. The molecule has 0 saturated heterocycles. The number of hydrogen-bond acceptors (Lipinski definition) is 1. The van der Waals surface area contributed by atoms with Gasteiger partial charge in [-0.05, 0) is 12.8 Å². The SMILES string of the molecule is CCCCCC/C(C#CCO)=C\C(F)(F)C(F)(F)C(F)(F)C(F)(F)C(F)(F)C(F)(F)F. The van der Waals surface area contributed by atoms with Crippen molar-refractivity contribution in [2.45, 2.75) is 74.8 Å². The minimum absolute atomic E-state index is 0.0138. The number of aliphatic hydroxyl groups is 1. The normalized spacial score (nSPS) is 15.0. The van der Waals surface area contributed by atoms with Crippen molar-refractivity contribution in [1.82, 2.24) is 0 Å². The van der Waals surface area contributed by atoms with Crippen LogP contribution in [0.25, 0.3) is 0 Å². The van der Waals surface area contributed by atoms with Gasteiger partial charge in [0.25, 0.3) is 0 Å². The predicted molar refractivity (Wildman–Crippen MR) is 82.5 cm³/mol. The Balaban J connectivity index is 6.29. The fourth-order valence-electron chi connectivity index (χ4n) is 2.16. The molecule has 0 fully saturated rings. The number of allylic oxidation sites excluding steroid dienone is 2. The molecule has 0 saturated carbocycles. The molecule has 0 aromatic carbocycles. The highest BCUT2D eigenvalue weighted by molar-refractivity contribution is 5.32. The second-order valence-electron chi connectivity index (χ2n) is 6.36. The number of hydrogen-bond donors (Lipinski definition) is 1. The molecule has 1 N–H and O–H groups in total. The molecular formula is C17H17F13O. The average molecular weight is 484 g/mol. The van der Waals surface area contributed by atoms with Gasteiger partial charge in [-0.25, -0.2) is 0 Å². The van der Waals surface area contributed by atoms with Gasteiger partial charge >= 0.3 is 35.8 Å². The van der Waals surface area contributed by atoms with E-state index < -0.39 is 60.5 Å². The van der Waals surface area contributed by atoms with Gasteiger partial charge in [-0.2, -0.15) is 57.1 Å². The van der Waals surface area contributed by atoms with Crippen molar-refractivity contribution in [2.75, 3.05) is 6.61 Å². The summed E-state index contributed by atoms with van der Waals surface area (Å²) in [6, 6.07) is 0. The first kappa shape index (κ1) is 29.3. The van der Waals surface area contributed by atoms with Crippen LogP contribution in [0.4, 0.5) is 57.1 Å². The summed E-state index contributed by atoms with van der Waals surface area (Å²) in [4.78, 5) is 0. The molecule has 14 heteroatoms. The van der Waals surface area contributed by atoms with Crippen LogP contribution < -0.4 is 0 Å². The average Bonchev–Trinajstić information content (AvgIpc) is 2.61. The van der Waals surface area contributed by atoms with E-state index in [1.165, 1.54) is 0 Å². The molecule has 0 unspecified atom stereocenters.